The molecule has 0 radical (unpaired) electrons. The van der Waals surface area contributed by atoms with Gasteiger partial charge in [-0.1, -0.05) is 331 Å². The van der Waals surface area contributed by atoms with Crippen molar-refractivity contribution in [2.24, 2.45) is 23.7 Å². The van der Waals surface area contributed by atoms with Gasteiger partial charge in [0.2, 0.25) is 0 Å². The number of ether oxygens (including phenoxy) is 4. The van der Waals surface area contributed by atoms with E-state index in [1.807, 2.05) is 0 Å². The van der Waals surface area contributed by atoms with Crippen molar-refractivity contribution in [2.45, 2.75) is 401 Å². The first kappa shape index (κ1) is 93.1. The molecule has 0 bridgehead atoms. The summed E-state index contributed by atoms with van der Waals surface area (Å²) < 4.78 is 68.5. The van der Waals surface area contributed by atoms with Crippen LogP contribution in [0.15, 0.2) is 0 Å². The Morgan fingerprint density at radius 2 is 0.505 bits per heavy atom. The Bertz CT molecular complexity index is 1870. The number of aliphatic hydroxyl groups is 1. The van der Waals surface area contributed by atoms with Crippen LogP contribution in [0.2, 0.25) is 0 Å². The molecule has 0 spiro atoms. The van der Waals surface area contributed by atoms with Crippen LogP contribution in [0.25, 0.3) is 0 Å². The Labute approximate surface area is 581 Å². The van der Waals surface area contributed by atoms with E-state index in [0.717, 1.165) is 114 Å². The lowest BCUT2D eigenvalue weighted by Gasteiger charge is -2.21. The maximum atomic E-state index is 13.1. The Morgan fingerprint density at radius 3 is 0.747 bits per heavy atom. The van der Waals surface area contributed by atoms with Gasteiger partial charge in [-0.05, 0) is 49.4 Å². The maximum absolute atomic E-state index is 13.1. The third-order valence-electron chi connectivity index (χ3n) is 17.9. The van der Waals surface area contributed by atoms with Crippen LogP contribution >= 0.6 is 15.6 Å². The molecule has 0 aromatic carbocycles. The van der Waals surface area contributed by atoms with Crippen LogP contribution in [0, 0.1) is 23.7 Å². The first-order valence-electron chi connectivity index (χ1n) is 39.2. The lowest BCUT2D eigenvalue weighted by molar-refractivity contribution is -0.161. The van der Waals surface area contributed by atoms with Crippen molar-refractivity contribution in [1.29, 1.82) is 0 Å². The molecule has 0 aromatic heterocycles. The molecule has 0 aliphatic heterocycles. The summed E-state index contributed by atoms with van der Waals surface area (Å²) in [5, 5.41) is 10.6. The number of carbonyl (C=O) groups is 4. The SMILES string of the molecule is CCC(C)CCCCCCCCCCCCC(=O)OC[C@H](COP(=O)(O)OCC(O)COP(=O)(O)OC[C@@H](COC(=O)CCCCCCCCC(C)C)OC(=O)CCCCCCCCCCCCCCCCCC(C)C)OC(=O)CCCCCCCCCCCCCC(C)C. The number of hydrogen-bond acceptors (Lipinski definition) is 15. The van der Waals surface area contributed by atoms with Crippen LogP contribution in [0.5, 0.6) is 0 Å². The molecule has 95 heavy (non-hydrogen) atoms. The van der Waals surface area contributed by atoms with E-state index < -0.39 is 97.5 Å². The Balaban J connectivity index is 5.23. The summed E-state index contributed by atoms with van der Waals surface area (Å²) in [5.41, 5.74) is 0. The van der Waals surface area contributed by atoms with E-state index in [1.54, 1.807) is 0 Å². The predicted octanol–water partition coefficient (Wildman–Crippen LogP) is 22.0. The van der Waals surface area contributed by atoms with Gasteiger partial charge in [-0.3, -0.25) is 37.3 Å². The summed E-state index contributed by atoms with van der Waals surface area (Å²) in [7, 11) is -9.91. The van der Waals surface area contributed by atoms with Gasteiger partial charge in [0.15, 0.2) is 12.2 Å². The standard InChI is InChI=1S/C76H148O17P2/c1-9-69(8)55-47-39-30-24-20-21-25-31-40-48-56-73(78)86-62-71(92-76(81)59-51-43-33-27-19-15-17-23-29-37-45-53-67(4)5)64-90-94(82,83)88-60-70(77)61-89-95(84,85)91-65-72(63-87-74(79)57-49-41-35-34-38-46-54-68(6)7)93-75(80)58-50-42-32-26-18-14-12-10-11-13-16-22-28-36-44-52-66(2)3/h66-72,77H,9-65H2,1-8H3,(H,82,83)(H,84,85)/t69?,70?,71-,72-/m1/s1. The van der Waals surface area contributed by atoms with E-state index in [-0.39, 0.29) is 25.7 Å². The van der Waals surface area contributed by atoms with Crippen LogP contribution in [0.1, 0.15) is 383 Å². The monoisotopic (exact) mass is 1400 g/mol. The maximum Gasteiger partial charge on any atom is 0.472 e. The second-order valence-electron chi connectivity index (χ2n) is 29.1. The van der Waals surface area contributed by atoms with Crippen molar-refractivity contribution < 1.29 is 80.2 Å². The first-order valence-corrected chi connectivity index (χ1v) is 42.2. The van der Waals surface area contributed by atoms with E-state index in [4.69, 9.17) is 37.0 Å². The molecule has 3 N–H and O–H groups in total. The molecule has 564 valence electrons. The number of esters is 4. The van der Waals surface area contributed by atoms with Gasteiger partial charge in [-0.2, -0.15) is 0 Å². The van der Waals surface area contributed by atoms with Gasteiger partial charge < -0.3 is 33.8 Å². The second-order valence-corrected chi connectivity index (χ2v) is 32.0. The quantitative estimate of drug-likeness (QED) is 0.0222. The van der Waals surface area contributed by atoms with Gasteiger partial charge in [0.05, 0.1) is 26.4 Å². The molecule has 19 heteroatoms. The summed E-state index contributed by atoms with van der Waals surface area (Å²) >= 11 is 0. The predicted molar refractivity (Wildman–Crippen MR) is 386 cm³/mol. The number of carbonyl (C=O) groups excluding carboxylic acids is 4. The summed E-state index contributed by atoms with van der Waals surface area (Å²) in [6.07, 6.45) is 50.0. The fourth-order valence-electron chi connectivity index (χ4n) is 11.5. The molecule has 0 saturated heterocycles. The van der Waals surface area contributed by atoms with Gasteiger partial charge in [0.25, 0.3) is 0 Å². The number of phosphoric ester groups is 2. The molecule has 0 aliphatic rings. The Morgan fingerprint density at radius 1 is 0.295 bits per heavy atom. The fourth-order valence-corrected chi connectivity index (χ4v) is 13.1. The normalized spacial score (nSPS) is 14.4. The zero-order valence-electron chi connectivity index (χ0n) is 62.3. The molecule has 0 rings (SSSR count). The molecule has 0 amide bonds. The number of hydrogen-bond donors (Lipinski definition) is 3. The van der Waals surface area contributed by atoms with Gasteiger partial charge in [-0.15, -0.1) is 0 Å². The summed E-state index contributed by atoms with van der Waals surface area (Å²) in [5.74, 6) is 0.935. The Kier molecular flexibility index (Phi) is 64.0. The Hall–Kier alpha value is -1.94. The lowest BCUT2D eigenvalue weighted by Crippen LogP contribution is -2.30. The molecule has 0 heterocycles. The third-order valence-corrected chi connectivity index (χ3v) is 19.8. The van der Waals surface area contributed by atoms with Crippen LogP contribution < -0.4 is 0 Å². The van der Waals surface area contributed by atoms with Gasteiger partial charge >= 0.3 is 39.5 Å². The van der Waals surface area contributed by atoms with Crippen molar-refractivity contribution in [1.82, 2.24) is 0 Å². The highest BCUT2D eigenvalue weighted by Crippen LogP contribution is 2.45. The van der Waals surface area contributed by atoms with Gasteiger partial charge in [-0.25, -0.2) is 9.13 Å². The molecule has 0 aliphatic carbocycles. The number of aliphatic hydroxyl groups excluding tert-OH is 1. The molecule has 0 fully saturated rings. The van der Waals surface area contributed by atoms with E-state index in [1.165, 1.54) is 180 Å². The minimum absolute atomic E-state index is 0.106. The van der Waals surface area contributed by atoms with Crippen molar-refractivity contribution in [3.05, 3.63) is 0 Å². The highest BCUT2D eigenvalue weighted by molar-refractivity contribution is 7.47. The first-order chi connectivity index (χ1) is 45.6. The molecule has 6 atom stereocenters. The molecular weight excluding hydrogens is 1250 g/mol. The van der Waals surface area contributed by atoms with E-state index in [0.29, 0.717) is 31.6 Å². The van der Waals surface area contributed by atoms with Crippen molar-refractivity contribution >= 4 is 39.5 Å². The van der Waals surface area contributed by atoms with E-state index in [2.05, 4.69) is 55.4 Å². The number of phosphoric acid groups is 2. The average molecular weight is 1400 g/mol. The smallest absolute Gasteiger partial charge is 0.462 e. The number of unbranched alkanes of at least 4 members (excludes halogenated alkanes) is 38. The van der Waals surface area contributed by atoms with E-state index >= 15 is 0 Å². The lowest BCUT2D eigenvalue weighted by atomic mass is 9.99. The van der Waals surface area contributed by atoms with Crippen molar-refractivity contribution in [3.8, 4) is 0 Å². The van der Waals surface area contributed by atoms with Crippen LogP contribution in [-0.4, -0.2) is 96.7 Å². The molecule has 0 saturated carbocycles. The minimum Gasteiger partial charge on any atom is -0.462 e. The zero-order chi connectivity index (χ0) is 70.3. The second kappa shape index (κ2) is 65.4. The van der Waals surface area contributed by atoms with Crippen LogP contribution in [-0.2, 0) is 65.4 Å². The highest BCUT2D eigenvalue weighted by Gasteiger charge is 2.30. The van der Waals surface area contributed by atoms with Crippen LogP contribution in [0.4, 0.5) is 0 Å². The van der Waals surface area contributed by atoms with Gasteiger partial charge in [0, 0.05) is 25.7 Å². The molecule has 0 aromatic rings. The summed E-state index contributed by atoms with van der Waals surface area (Å²) in [4.78, 5) is 72.8. The summed E-state index contributed by atoms with van der Waals surface area (Å²) in [6.45, 7) is 14.2. The van der Waals surface area contributed by atoms with Gasteiger partial charge in [0.1, 0.15) is 19.3 Å². The third kappa shape index (κ3) is 69.0. The van der Waals surface area contributed by atoms with E-state index in [9.17, 15) is 43.2 Å². The van der Waals surface area contributed by atoms with Crippen molar-refractivity contribution in [2.75, 3.05) is 39.6 Å². The largest absolute Gasteiger partial charge is 0.472 e. The molecular formula is C76H148O17P2. The van der Waals surface area contributed by atoms with Crippen LogP contribution in [0.3, 0.4) is 0 Å². The summed E-state index contributed by atoms with van der Waals surface area (Å²) in [6, 6.07) is 0. The fraction of sp³-hybridized carbons (Fsp3) is 0.947. The minimum atomic E-state index is -4.96. The average Bonchev–Trinajstić information content (AvgIpc) is 1.47. The zero-order valence-corrected chi connectivity index (χ0v) is 64.1. The molecule has 4 unspecified atom stereocenters. The van der Waals surface area contributed by atoms with Crippen molar-refractivity contribution in [3.63, 3.8) is 0 Å². The highest BCUT2D eigenvalue weighted by atomic mass is 31.2. The molecule has 17 nitrogen and oxygen atoms in total. The number of rotatable bonds is 73. The topological polar surface area (TPSA) is 237 Å².